The summed E-state index contributed by atoms with van der Waals surface area (Å²) in [7, 11) is 0. The molecule has 1 aromatic carbocycles. The SMILES string of the molecule is Cc1noc(C)c1Cn1cnc2scc(-c3ccc(Br)cc3)c2c1=O. The van der Waals surface area contributed by atoms with Gasteiger partial charge in [-0.3, -0.25) is 9.36 Å². The van der Waals surface area contributed by atoms with Gasteiger partial charge in [-0.05, 0) is 31.5 Å². The molecule has 0 bridgehead atoms. The van der Waals surface area contributed by atoms with Gasteiger partial charge in [0.25, 0.3) is 5.56 Å². The second kappa shape index (κ2) is 6.24. The van der Waals surface area contributed by atoms with Crippen molar-refractivity contribution in [2.75, 3.05) is 0 Å². The predicted octanol–water partition coefficient (Wildman–Crippen LogP) is 4.54. The summed E-state index contributed by atoms with van der Waals surface area (Å²) in [6.07, 6.45) is 1.60. The fourth-order valence-electron chi connectivity index (χ4n) is 2.82. The minimum absolute atomic E-state index is 0.0517. The molecule has 3 heterocycles. The van der Waals surface area contributed by atoms with E-state index in [2.05, 4.69) is 26.1 Å². The van der Waals surface area contributed by atoms with Crippen LogP contribution in [0, 0.1) is 13.8 Å². The number of halogens is 1. The molecule has 0 unspecified atom stereocenters. The third kappa shape index (κ3) is 2.83. The minimum atomic E-state index is -0.0517. The number of thiophene rings is 1. The monoisotopic (exact) mass is 415 g/mol. The number of aryl methyl sites for hydroxylation is 2. The van der Waals surface area contributed by atoms with Crippen LogP contribution in [0.15, 0.2) is 49.8 Å². The smallest absolute Gasteiger partial charge is 0.263 e. The van der Waals surface area contributed by atoms with Crippen molar-refractivity contribution in [3.05, 3.63) is 67.8 Å². The number of hydrogen-bond donors (Lipinski definition) is 0. The van der Waals surface area contributed by atoms with E-state index in [0.29, 0.717) is 11.9 Å². The highest BCUT2D eigenvalue weighted by molar-refractivity contribution is 9.10. The van der Waals surface area contributed by atoms with Crippen molar-refractivity contribution in [2.24, 2.45) is 0 Å². The zero-order valence-corrected chi connectivity index (χ0v) is 16.0. The molecule has 25 heavy (non-hydrogen) atoms. The first-order valence-electron chi connectivity index (χ1n) is 7.69. The quantitative estimate of drug-likeness (QED) is 0.492. The van der Waals surface area contributed by atoms with Gasteiger partial charge in [-0.1, -0.05) is 33.2 Å². The van der Waals surface area contributed by atoms with Crippen molar-refractivity contribution >= 4 is 37.5 Å². The highest BCUT2D eigenvalue weighted by Crippen LogP contribution is 2.31. The first-order valence-corrected chi connectivity index (χ1v) is 9.36. The summed E-state index contributed by atoms with van der Waals surface area (Å²) in [5, 5.41) is 6.60. The lowest BCUT2D eigenvalue weighted by Crippen LogP contribution is -2.21. The van der Waals surface area contributed by atoms with Crippen LogP contribution in [0.2, 0.25) is 0 Å². The zero-order chi connectivity index (χ0) is 17.6. The normalized spacial score (nSPS) is 11.3. The largest absolute Gasteiger partial charge is 0.361 e. The molecule has 0 aliphatic heterocycles. The molecular formula is C18H14BrN3O2S. The molecule has 7 heteroatoms. The first-order chi connectivity index (χ1) is 12.0. The third-order valence-corrected chi connectivity index (χ3v) is 5.64. The standard InChI is InChI=1S/C18H14BrN3O2S/c1-10-14(11(2)24-21-10)7-22-9-20-17-16(18(22)23)15(8-25-17)12-3-5-13(19)6-4-12/h3-6,8-9H,7H2,1-2H3. The average Bonchev–Trinajstić information content (AvgIpc) is 3.17. The van der Waals surface area contributed by atoms with Crippen molar-refractivity contribution in [3.63, 3.8) is 0 Å². The summed E-state index contributed by atoms with van der Waals surface area (Å²) in [5.74, 6) is 0.725. The second-order valence-corrected chi connectivity index (χ2v) is 7.59. The summed E-state index contributed by atoms with van der Waals surface area (Å²) in [6, 6.07) is 7.93. The van der Waals surface area contributed by atoms with Crippen molar-refractivity contribution in [3.8, 4) is 11.1 Å². The van der Waals surface area contributed by atoms with E-state index in [1.807, 2.05) is 43.5 Å². The summed E-state index contributed by atoms with van der Waals surface area (Å²) in [5.41, 5.74) is 3.58. The maximum absolute atomic E-state index is 13.1. The van der Waals surface area contributed by atoms with E-state index in [1.165, 1.54) is 11.3 Å². The number of rotatable bonds is 3. The number of aromatic nitrogens is 3. The Kier molecular flexibility index (Phi) is 4.05. The van der Waals surface area contributed by atoms with E-state index < -0.39 is 0 Å². The molecule has 4 rings (SSSR count). The lowest BCUT2D eigenvalue weighted by molar-refractivity contribution is 0.392. The van der Waals surface area contributed by atoms with Crippen LogP contribution >= 0.6 is 27.3 Å². The Morgan fingerprint density at radius 1 is 1.24 bits per heavy atom. The maximum Gasteiger partial charge on any atom is 0.263 e. The van der Waals surface area contributed by atoms with Gasteiger partial charge in [0.1, 0.15) is 10.6 Å². The van der Waals surface area contributed by atoms with Gasteiger partial charge in [0.2, 0.25) is 0 Å². The molecule has 0 saturated heterocycles. The Morgan fingerprint density at radius 3 is 2.68 bits per heavy atom. The highest BCUT2D eigenvalue weighted by Gasteiger charge is 2.16. The molecule has 0 atom stereocenters. The number of fused-ring (bicyclic) bond motifs is 1. The van der Waals surface area contributed by atoms with Crippen molar-refractivity contribution in [1.29, 1.82) is 0 Å². The van der Waals surface area contributed by atoms with Crippen molar-refractivity contribution in [2.45, 2.75) is 20.4 Å². The highest BCUT2D eigenvalue weighted by atomic mass is 79.9. The van der Waals surface area contributed by atoms with Gasteiger partial charge >= 0.3 is 0 Å². The molecule has 0 amide bonds. The Hall–Kier alpha value is -2.25. The molecule has 3 aromatic heterocycles. The van der Waals surface area contributed by atoms with E-state index in [4.69, 9.17) is 4.52 Å². The van der Waals surface area contributed by atoms with Gasteiger partial charge in [0, 0.05) is 21.0 Å². The van der Waals surface area contributed by atoms with Gasteiger partial charge in [0.05, 0.1) is 24.0 Å². The average molecular weight is 416 g/mol. The predicted molar refractivity (Wildman–Crippen MR) is 102 cm³/mol. The zero-order valence-electron chi connectivity index (χ0n) is 13.6. The van der Waals surface area contributed by atoms with Crippen LogP contribution in [-0.2, 0) is 6.54 Å². The number of benzene rings is 1. The Morgan fingerprint density at radius 2 is 2.00 bits per heavy atom. The van der Waals surface area contributed by atoms with E-state index >= 15 is 0 Å². The fourth-order valence-corrected chi connectivity index (χ4v) is 3.99. The van der Waals surface area contributed by atoms with Gasteiger partial charge in [-0.15, -0.1) is 11.3 Å². The van der Waals surface area contributed by atoms with Crippen LogP contribution in [0.1, 0.15) is 17.0 Å². The Bertz CT molecular complexity index is 1110. The molecular weight excluding hydrogens is 402 g/mol. The summed E-state index contributed by atoms with van der Waals surface area (Å²) < 4.78 is 7.82. The number of nitrogens with zero attached hydrogens (tertiary/aromatic N) is 3. The molecule has 0 N–H and O–H groups in total. The fraction of sp³-hybridized carbons (Fsp3) is 0.167. The molecule has 0 spiro atoms. The topological polar surface area (TPSA) is 60.9 Å². The molecule has 5 nitrogen and oxygen atoms in total. The molecule has 0 aliphatic rings. The molecule has 4 aromatic rings. The Balaban J connectivity index is 1.86. The second-order valence-electron chi connectivity index (χ2n) is 5.82. The first kappa shape index (κ1) is 16.2. The van der Waals surface area contributed by atoms with Gasteiger partial charge in [0.15, 0.2) is 0 Å². The van der Waals surface area contributed by atoms with Crippen LogP contribution in [-0.4, -0.2) is 14.7 Å². The van der Waals surface area contributed by atoms with Crippen LogP contribution in [0.4, 0.5) is 0 Å². The minimum Gasteiger partial charge on any atom is -0.361 e. The molecule has 126 valence electrons. The van der Waals surface area contributed by atoms with E-state index in [-0.39, 0.29) is 5.56 Å². The van der Waals surface area contributed by atoms with Crippen LogP contribution < -0.4 is 5.56 Å². The van der Waals surface area contributed by atoms with Crippen LogP contribution in [0.25, 0.3) is 21.3 Å². The van der Waals surface area contributed by atoms with Gasteiger partial charge in [-0.25, -0.2) is 4.98 Å². The molecule has 0 radical (unpaired) electrons. The number of hydrogen-bond acceptors (Lipinski definition) is 5. The molecule has 0 fully saturated rings. The van der Waals surface area contributed by atoms with Crippen LogP contribution in [0.3, 0.4) is 0 Å². The van der Waals surface area contributed by atoms with Crippen molar-refractivity contribution < 1.29 is 4.52 Å². The van der Waals surface area contributed by atoms with Crippen molar-refractivity contribution in [1.82, 2.24) is 14.7 Å². The molecule has 0 saturated carbocycles. The lowest BCUT2D eigenvalue weighted by atomic mass is 10.1. The molecule has 0 aliphatic carbocycles. The summed E-state index contributed by atoms with van der Waals surface area (Å²) in [6.45, 7) is 4.13. The summed E-state index contributed by atoms with van der Waals surface area (Å²) in [4.78, 5) is 18.3. The summed E-state index contributed by atoms with van der Waals surface area (Å²) >= 11 is 4.92. The van der Waals surface area contributed by atoms with Gasteiger partial charge in [-0.2, -0.15) is 0 Å². The van der Waals surface area contributed by atoms with E-state index in [0.717, 1.165) is 37.4 Å². The van der Waals surface area contributed by atoms with E-state index in [1.54, 1.807) is 10.9 Å². The lowest BCUT2D eigenvalue weighted by Gasteiger charge is -2.06. The van der Waals surface area contributed by atoms with E-state index in [9.17, 15) is 4.79 Å². The maximum atomic E-state index is 13.1. The third-order valence-electron chi connectivity index (χ3n) is 4.23. The Labute approximate surface area is 156 Å². The van der Waals surface area contributed by atoms with Crippen LogP contribution in [0.5, 0.6) is 0 Å². The van der Waals surface area contributed by atoms with Gasteiger partial charge < -0.3 is 4.52 Å².